The molecule has 0 saturated carbocycles. The standard InChI is InChI=1S/C6H7BN2O2/c1-3-9-6(7)4(11-3)2-5(8)10/h2H2,1H3,(H2,8,10). The number of nitrogens with two attached hydrogens (primary N) is 1. The average Bonchev–Trinajstić information content (AvgIpc) is 2.09. The van der Waals surface area contributed by atoms with Crippen LogP contribution < -0.4 is 11.3 Å². The Balaban J connectivity index is 2.85. The Morgan fingerprint density at radius 3 is 2.82 bits per heavy atom. The summed E-state index contributed by atoms with van der Waals surface area (Å²) >= 11 is 0. The third-order valence-corrected chi connectivity index (χ3v) is 1.17. The van der Waals surface area contributed by atoms with Crippen LogP contribution in [0.5, 0.6) is 0 Å². The average molecular weight is 150 g/mol. The number of carbonyl (C=O) groups excluding carboxylic acids is 1. The van der Waals surface area contributed by atoms with E-state index in [-0.39, 0.29) is 12.0 Å². The highest BCUT2D eigenvalue weighted by atomic mass is 16.4. The van der Waals surface area contributed by atoms with Crippen molar-refractivity contribution in [2.75, 3.05) is 0 Å². The number of aryl methyl sites for hydroxylation is 1. The summed E-state index contributed by atoms with van der Waals surface area (Å²) in [5.74, 6) is 0.307. The maximum Gasteiger partial charge on any atom is 0.225 e. The molecule has 0 atom stereocenters. The SMILES string of the molecule is [B]c1nc(C)oc1CC(N)=O. The van der Waals surface area contributed by atoms with E-state index in [1.807, 2.05) is 0 Å². The van der Waals surface area contributed by atoms with Crippen LogP contribution in [0.3, 0.4) is 0 Å². The first-order valence-electron chi connectivity index (χ1n) is 3.09. The van der Waals surface area contributed by atoms with Gasteiger partial charge in [-0.15, -0.1) is 0 Å². The molecule has 0 spiro atoms. The van der Waals surface area contributed by atoms with E-state index in [4.69, 9.17) is 18.0 Å². The molecule has 56 valence electrons. The third-order valence-electron chi connectivity index (χ3n) is 1.17. The monoisotopic (exact) mass is 150 g/mol. The lowest BCUT2D eigenvalue weighted by Crippen LogP contribution is -2.19. The lowest BCUT2D eigenvalue weighted by molar-refractivity contribution is -0.117. The van der Waals surface area contributed by atoms with Gasteiger partial charge in [0.15, 0.2) is 5.89 Å². The zero-order chi connectivity index (χ0) is 8.43. The first kappa shape index (κ1) is 7.85. The van der Waals surface area contributed by atoms with Gasteiger partial charge in [0, 0.05) is 12.5 Å². The number of hydrogen-bond acceptors (Lipinski definition) is 3. The molecule has 0 fully saturated rings. The van der Waals surface area contributed by atoms with Crippen LogP contribution >= 0.6 is 0 Å². The van der Waals surface area contributed by atoms with Crippen molar-refractivity contribution in [3.8, 4) is 0 Å². The molecule has 1 rings (SSSR count). The van der Waals surface area contributed by atoms with Crippen LogP contribution in [-0.2, 0) is 11.2 Å². The molecule has 11 heavy (non-hydrogen) atoms. The summed E-state index contributed by atoms with van der Waals surface area (Å²) in [7, 11) is 5.38. The molecule has 1 amide bonds. The molecule has 1 heterocycles. The van der Waals surface area contributed by atoms with E-state index in [0.717, 1.165) is 0 Å². The summed E-state index contributed by atoms with van der Waals surface area (Å²) in [4.78, 5) is 14.2. The van der Waals surface area contributed by atoms with Gasteiger partial charge in [0.2, 0.25) is 5.91 Å². The molecule has 1 aromatic heterocycles. The van der Waals surface area contributed by atoms with E-state index < -0.39 is 5.91 Å². The fourth-order valence-corrected chi connectivity index (χ4v) is 0.770. The van der Waals surface area contributed by atoms with Crippen molar-refractivity contribution in [3.63, 3.8) is 0 Å². The molecule has 0 aliphatic carbocycles. The molecule has 0 unspecified atom stereocenters. The van der Waals surface area contributed by atoms with Crippen LogP contribution in [0, 0.1) is 6.92 Å². The Morgan fingerprint density at radius 2 is 2.45 bits per heavy atom. The van der Waals surface area contributed by atoms with Crippen molar-refractivity contribution in [1.82, 2.24) is 4.98 Å². The van der Waals surface area contributed by atoms with Gasteiger partial charge in [-0.2, -0.15) is 0 Å². The minimum Gasteiger partial charge on any atom is -0.446 e. The number of amides is 1. The minimum absolute atomic E-state index is 0.00662. The number of rotatable bonds is 2. The van der Waals surface area contributed by atoms with Gasteiger partial charge in [-0.05, 0) is 0 Å². The smallest absolute Gasteiger partial charge is 0.225 e. The fraction of sp³-hybridized carbons (Fsp3) is 0.333. The molecule has 0 saturated heterocycles. The highest BCUT2D eigenvalue weighted by Crippen LogP contribution is 1.98. The predicted octanol–water partition coefficient (Wildman–Crippen LogP) is -1.20. The predicted molar refractivity (Wildman–Crippen MR) is 39.5 cm³/mol. The number of primary amides is 1. The Kier molecular flexibility index (Phi) is 1.98. The van der Waals surface area contributed by atoms with Crippen LogP contribution in [-0.4, -0.2) is 18.7 Å². The highest BCUT2D eigenvalue weighted by molar-refractivity contribution is 6.31. The third kappa shape index (κ3) is 1.83. The van der Waals surface area contributed by atoms with Crippen molar-refractivity contribution in [2.24, 2.45) is 5.73 Å². The lowest BCUT2D eigenvalue weighted by Gasteiger charge is -1.90. The van der Waals surface area contributed by atoms with E-state index in [2.05, 4.69) is 4.98 Å². The van der Waals surface area contributed by atoms with Crippen LogP contribution in [0.1, 0.15) is 11.7 Å². The van der Waals surface area contributed by atoms with Crippen molar-refractivity contribution < 1.29 is 9.21 Å². The molecule has 5 heteroatoms. The first-order chi connectivity index (χ1) is 5.09. The van der Waals surface area contributed by atoms with Gasteiger partial charge in [0.05, 0.1) is 6.42 Å². The van der Waals surface area contributed by atoms with E-state index in [0.29, 0.717) is 11.7 Å². The zero-order valence-corrected chi connectivity index (χ0v) is 6.13. The highest BCUT2D eigenvalue weighted by Gasteiger charge is 2.07. The van der Waals surface area contributed by atoms with Crippen LogP contribution in [0.2, 0.25) is 0 Å². The molecule has 1 aromatic rings. The molecule has 2 N–H and O–H groups in total. The number of aromatic nitrogens is 1. The van der Waals surface area contributed by atoms with Gasteiger partial charge in [0.25, 0.3) is 0 Å². The Hall–Kier alpha value is -1.26. The van der Waals surface area contributed by atoms with Crippen LogP contribution in [0.25, 0.3) is 0 Å². The first-order valence-corrected chi connectivity index (χ1v) is 3.09. The van der Waals surface area contributed by atoms with E-state index in [1.54, 1.807) is 6.92 Å². The molecular weight excluding hydrogens is 143 g/mol. The number of carbonyl (C=O) groups is 1. The second kappa shape index (κ2) is 2.78. The van der Waals surface area contributed by atoms with E-state index >= 15 is 0 Å². The van der Waals surface area contributed by atoms with Gasteiger partial charge < -0.3 is 10.2 Å². The summed E-state index contributed by atoms with van der Waals surface area (Å²) in [6.07, 6.45) is 0.00662. The quantitative estimate of drug-likeness (QED) is 0.538. The van der Waals surface area contributed by atoms with Crippen LogP contribution in [0.4, 0.5) is 0 Å². The van der Waals surface area contributed by atoms with Gasteiger partial charge in [-0.3, -0.25) is 4.79 Å². The van der Waals surface area contributed by atoms with Crippen molar-refractivity contribution in [2.45, 2.75) is 13.3 Å². The number of oxazole rings is 1. The number of hydrogen-bond donors (Lipinski definition) is 1. The normalized spacial score (nSPS) is 9.91. The summed E-state index contributed by atoms with van der Waals surface area (Å²) < 4.78 is 4.99. The van der Waals surface area contributed by atoms with Gasteiger partial charge in [0.1, 0.15) is 13.6 Å². The second-order valence-electron chi connectivity index (χ2n) is 2.18. The van der Waals surface area contributed by atoms with Gasteiger partial charge in [-0.25, -0.2) is 4.98 Å². The second-order valence-corrected chi connectivity index (χ2v) is 2.18. The molecule has 2 radical (unpaired) electrons. The Bertz CT molecular complexity index is 282. The summed E-state index contributed by atoms with van der Waals surface area (Å²) in [6.45, 7) is 1.65. The van der Waals surface area contributed by atoms with Crippen molar-refractivity contribution in [1.29, 1.82) is 0 Å². The molecule has 0 bridgehead atoms. The number of nitrogens with zero attached hydrogens (tertiary/aromatic N) is 1. The topological polar surface area (TPSA) is 69.1 Å². The maximum atomic E-state index is 10.4. The van der Waals surface area contributed by atoms with Gasteiger partial charge >= 0.3 is 0 Å². The summed E-state index contributed by atoms with van der Waals surface area (Å²) in [6, 6.07) is 0. The minimum atomic E-state index is -0.479. The van der Waals surface area contributed by atoms with E-state index in [9.17, 15) is 4.79 Å². The summed E-state index contributed by atoms with van der Waals surface area (Å²) in [5.41, 5.74) is 5.16. The molecule has 4 nitrogen and oxygen atoms in total. The summed E-state index contributed by atoms with van der Waals surface area (Å²) in [5, 5.41) is 0. The maximum absolute atomic E-state index is 10.4. The van der Waals surface area contributed by atoms with Crippen LogP contribution in [0.15, 0.2) is 4.42 Å². The zero-order valence-electron chi connectivity index (χ0n) is 6.13. The Morgan fingerprint density at radius 1 is 1.82 bits per heavy atom. The van der Waals surface area contributed by atoms with Crippen molar-refractivity contribution in [3.05, 3.63) is 11.7 Å². The molecule has 0 aromatic carbocycles. The lowest BCUT2D eigenvalue weighted by atomic mass is 10.0. The largest absolute Gasteiger partial charge is 0.446 e. The van der Waals surface area contributed by atoms with E-state index in [1.165, 1.54) is 0 Å². The molecular formula is C6H7BN2O2. The molecule has 0 aliphatic rings. The Labute approximate surface area is 65.2 Å². The van der Waals surface area contributed by atoms with Gasteiger partial charge in [-0.1, -0.05) is 0 Å². The fourth-order valence-electron chi connectivity index (χ4n) is 0.770. The molecule has 0 aliphatic heterocycles. The van der Waals surface area contributed by atoms with Crippen molar-refractivity contribution >= 4 is 19.3 Å².